The summed E-state index contributed by atoms with van der Waals surface area (Å²) in [6.07, 6.45) is -6.06. The fourth-order valence-electron chi connectivity index (χ4n) is 3.11. The standard InChI is InChI=1S/C21H26O10/c1-11-7-6-8-16(9-11)30-21-20(29-15(5)25)19(28-14(4)24)18(27-13(3)23)17(31-21)10-26-12(2)22/h6-9,17-21H,10H2,1-5H3/t17-,18-,19+,20+,21+/m1/s1. The number of rotatable bonds is 7. The maximum atomic E-state index is 11.8. The Hall–Kier alpha value is -3.14. The highest BCUT2D eigenvalue weighted by molar-refractivity contribution is 5.68. The van der Waals surface area contributed by atoms with E-state index in [1.807, 2.05) is 13.0 Å². The zero-order valence-electron chi connectivity index (χ0n) is 18.0. The summed E-state index contributed by atoms with van der Waals surface area (Å²) in [5, 5.41) is 0. The number of carbonyl (C=O) groups excluding carboxylic acids is 4. The van der Waals surface area contributed by atoms with Gasteiger partial charge in [0.25, 0.3) is 0 Å². The minimum absolute atomic E-state index is 0.314. The van der Waals surface area contributed by atoms with Crippen molar-refractivity contribution in [2.45, 2.75) is 65.3 Å². The van der Waals surface area contributed by atoms with Gasteiger partial charge in [-0.1, -0.05) is 12.1 Å². The topological polar surface area (TPSA) is 124 Å². The van der Waals surface area contributed by atoms with E-state index in [-0.39, 0.29) is 6.61 Å². The highest BCUT2D eigenvalue weighted by Gasteiger charge is 2.53. The summed E-state index contributed by atoms with van der Waals surface area (Å²) in [4.78, 5) is 46.6. The van der Waals surface area contributed by atoms with Crippen LogP contribution in [0.15, 0.2) is 24.3 Å². The van der Waals surface area contributed by atoms with Crippen molar-refractivity contribution >= 4 is 23.9 Å². The first kappa shape index (κ1) is 24.1. The Balaban J connectivity index is 2.44. The molecule has 0 radical (unpaired) electrons. The lowest BCUT2D eigenvalue weighted by Crippen LogP contribution is -2.63. The quantitative estimate of drug-likeness (QED) is 0.456. The molecular weight excluding hydrogens is 412 g/mol. The molecule has 10 nitrogen and oxygen atoms in total. The van der Waals surface area contributed by atoms with Crippen LogP contribution in [0.5, 0.6) is 5.75 Å². The molecule has 170 valence electrons. The van der Waals surface area contributed by atoms with Gasteiger partial charge in [-0.05, 0) is 24.6 Å². The lowest BCUT2D eigenvalue weighted by molar-refractivity contribution is -0.288. The number of hydrogen-bond acceptors (Lipinski definition) is 10. The molecular formula is C21H26O10. The van der Waals surface area contributed by atoms with E-state index in [0.29, 0.717) is 5.75 Å². The first-order valence-corrected chi connectivity index (χ1v) is 9.60. The second-order valence-corrected chi connectivity index (χ2v) is 7.00. The lowest BCUT2D eigenvalue weighted by Gasteiger charge is -2.43. The van der Waals surface area contributed by atoms with Gasteiger partial charge >= 0.3 is 23.9 Å². The molecule has 0 aromatic heterocycles. The molecule has 0 amide bonds. The molecule has 0 aliphatic carbocycles. The summed E-state index contributed by atoms with van der Waals surface area (Å²) in [7, 11) is 0. The van der Waals surface area contributed by atoms with Crippen LogP contribution < -0.4 is 4.74 Å². The number of ether oxygens (including phenoxy) is 6. The van der Waals surface area contributed by atoms with Gasteiger partial charge in [0.05, 0.1) is 0 Å². The minimum Gasteiger partial charge on any atom is -0.463 e. The van der Waals surface area contributed by atoms with E-state index in [9.17, 15) is 19.2 Å². The van der Waals surface area contributed by atoms with Gasteiger partial charge in [0.2, 0.25) is 12.4 Å². The fourth-order valence-corrected chi connectivity index (χ4v) is 3.11. The average molecular weight is 438 g/mol. The Morgan fingerprint density at radius 1 is 0.839 bits per heavy atom. The molecule has 0 bridgehead atoms. The van der Waals surface area contributed by atoms with Gasteiger partial charge in [-0.3, -0.25) is 19.2 Å². The van der Waals surface area contributed by atoms with Crippen molar-refractivity contribution in [3.63, 3.8) is 0 Å². The van der Waals surface area contributed by atoms with Crippen LogP contribution in [-0.2, 0) is 42.9 Å². The predicted molar refractivity (Wildman–Crippen MR) is 104 cm³/mol. The third kappa shape index (κ3) is 7.25. The molecule has 31 heavy (non-hydrogen) atoms. The molecule has 1 fully saturated rings. The van der Waals surface area contributed by atoms with E-state index in [1.165, 1.54) is 13.8 Å². The molecule has 10 heteroatoms. The van der Waals surface area contributed by atoms with Crippen LogP contribution in [0.25, 0.3) is 0 Å². The number of carbonyl (C=O) groups is 4. The maximum absolute atomic E-state index is 11.8. The van der Waals surface area contributed by atoms with Gasteiger partial charge in [0, 0.05) is 27.7 Å². The zero-order valence-corrected chi connectivity index (χ0v) is 18.0. The van der Waals surface area contributed by atoms with E-state index in [1.54, 1.807) is 18.2 Å². The first-order chi connectivity index (χ1) is 14.6. The second kappa shape index (κ2) is 10.8. The number of benzene rings is 1. The molecule has 5 atom stereocenters. The normalized spacial score (nSPS) is 25.1. The molecule has 1 aromatic rings. The largest absolute Gasteiger partial charge is 0.463 e. The van der Waals surface area contributed by atoms with Crippen LogP contribution in [0.1, 0.15) is 33.3 Å². The van der Waals surface area contributed by atoms with Crippen molar-refractivity contribution in [2.75, 3.05) is 6.61 Å². The molecule has 1 aromatic carbocycles. The molecule has 0 saturated carbocycles. The van der Waals surface area contributed by atoms with Gasteiger partial charge in [-0.15, -0.1) is 0 Å². The summed E-state index contributed by atoms with van der Waals surface area (Å²) < 4.78 is 32.8. The summed E-state index contributed by atoms with van der Waals surface area (Å²) in [6, 6.07) is 7.02. The molecule has 0 N–H and O–H groups in total. The van der Waals surface area contributed by atoms with Gasteiger partial charge < -0.3 is 28.4 Å². The highest BCUT2D eigenvalue weighted by atomic mass is 16.7. The molecule has 1 aliphatic heterocycles. The Labute approximate surface area is 179 Å². The van der Waals surface area contributed by atoms with Crippen molar-refractivity contribution in [1.29, 1.82) is 0 Å². The number of esters is 4. The van der Waals surface area contributed by atoms with Crippen LogP contribution in [0.2, 0.25) is 0 Å². The monoisotopic (exact) mass is 438 g/mol. The maximum Gasteiger partial charge on any atom is 0.303 e. The van der Waals surface area contributed by atoms with Crippen LogP contribution in [0.4, 0.5) is 0 Å². The van der Waals surface area contributed by atoms with Crippen LogP contribution in [0.3, 0.4) is 0 Å². The summed E-state index contributed by atoms with van der Waals surface area (Å²) in [5.41, 5.74) is 0.906. The Kier molecular flexibility index (Phi) is 8.38. The molecule has 1 saturated heterocycles. The molecule has 2 rings (SSSR count). The SMILES string of the molecule is CC(=O)OC[C@H]1O[C@H](Oc2cccc(C)c2)[C@@H](OC(C)=O)[C@@H](OC(C)=O)[C@@H]1OC(C)=O. The van der Waals surface area contributed by atoms with Gasteiger partial charge in [0.1, 0.15) is 18.5 Å². The zero-order chi connectivity index (χ0) is 23.1. The molecule has 0 unspecified atom stereocenters. The third-order valence-corrected chi connectivity index (χ3v) is 4.19. The highest BCUT2D eigenvalue weighted by Crippen LogP contribution is 2.31. The van der Waals surface area contributed by atoms with Crippen molar-refractivity contribution in [2.24, 2.45) is 0 Å². The summed E-state index contributed by atoms with van der Waals surface area (Å²) in [6.45, 7) is 6.23. The van der Waals surface area contributed by atoms with E-state index < -0.39 is 54.6 Å². The van der Waals surface area contributed by atoms with Crippen LogP contribution in [-0.4, -0.2) is 61.2 Å². The summed E-state index contributed by atoms with van der Waals surface area (Å²) in [5.74, 6) is -2.28. The van der Waals surface area contributed by atoms with Crippen molar-refractivity contribution in [1.82, 2.24) is 0 Å². The van der Waals surface area contributed by atoms with Crippen LogP contribution >= 0.6 is 0 Å². The van der Waals surface area contributed by atoms with Crippen molar-refractivity contribution in [3.8, 4) is 5.75 Å². The lowest BCUT2D eigenvalue weighted by atomic mass is 9.98. The second-order valence-electron chi connectivity index (χ2n) is 7.00. The molecule has 0 spiro atoms. The van der Waals surface area contributed by atoms with Gasteiger partial charge in [-0.25, -0.2) is 0 Å². The van der Waals surface area contributed by atoms with E-state index in [0.717, 1.165) is 19.4 Å². The molecule has 1 aliphatic rings. The molecule has 1 heterocycles. The van der Waals surface area contributed by atoms with Crippen molar-refractivity contribution in [3.05, 3.63) is 29.8 Å². The van der Waals surface area contributed by atoms with Crippen LogP contribution in [0, 0.1) is 6.92 Å². The average Bonchev–Trinajstić information content (AvgIpc) is 2.64. The predicted octanol–water partition coefficient (Wildman–Crippen LogP) is 1.46. The van der Waals surface area contributed by atoms with E-state index in [4.69, 9.17) is 28.4 Å². The van der Waals surface area contributed by atoms with Gasteiger partial charge in [0.15, 0.2) is 12.2 Å². The first-order valence-electron chi connectivity index (χ1n) is 9.60. The summed E-state index contributed by atoms with van der Waals surface area (Å²) >= 11 is 0. The Morgan fingerprint density at radius 2 is 1.42 bits per heavy atom. The minimum atomic E-state index is -1.27. The Morgan fingerprint density at radius 3 is 1.97 bits per heavy atom. The van der Waals surface area contributed by atoms with E-state index in [2.05, 4.69) is 0 Å². The van der Waals surface area contributed by atoms with E-state index >= 15 is 0 Å². The smallest absolute Gasteiger partial charge is 0.303 e. The number of hydrogen-bond donors (Lipinski definition) is 0. The van der Waals surface area contributed by atoms with Crippen molar-refractivity contribution < 1.29 is 47.6 Å². The Bertz CT molecular complexity index is 820. The van der Waals surface area contributed by atoms with Gasteiger partial charge in [-0.2, -0.15) is 0 Å². The fraction of sp³-hybridized carbons (Fsp3) is 0.524. The third-order valence-electron chi connectivity index (χ3n) is 4.19. The number of aryl methyl sites for hydroxylation is 1.